The number of benzene rings is 1. The third-order valence-electron chi connectivity index (χ3n) is 6.39. The van der Waals surface area contributed by atoms with Crippen LogP contribution in [0.2, 0.25) is 0 Å². The summed E-state index contributed by atoms with van der Waals surface area (Å²) < 4.78 is 12.7. The van der Waals surface area contributed by atoms with Gasteiger partial charge in [-0.3, -0.25) is 9.48 Å². The van der Waals surface area contributed by atoms with Crippen molar-refractivity contribution in [1.29, 1.82) is 0 Å². The highest BCUT2D eigenvalue weighted by molar-refractivity contribution is 5.92. The molecule has 4 rings (SSSR count). The molecule has 0 saturated heterocycles. The number of hydrogen-bond acceptors (Lipinski definition) is 4. The van der Waals surface area contributed by atoms with Gasteiger partial charge in [-0.15, -0.1) is 0 Å². The number of methoxy groups -OCH3 is 2. The number of amides is 1. The number of aromatic nitrogens is 2. The van der Waals surface area contributed by atoms with E-state index in [1.165, 1.54) is 30.5 Å². The molecule has 1 fully saturated rings. The van der Waals surface area contributed by atoms with Crippen LogP contribution < -0.4 is 9.47 Å². The molecular weight excluding hydrogens is 378 g/mol. The van der Waals surface area contributed by atoms with E-state index in [2.05, 4.69) is 0 Å². The van der Waals surface area contributed by atoms with Crippen LogP contribution in [0.1, 0.15) is 54.6 Å². The van der Waals surface area contributed by atoms with E-state index in [0.29, 0.717) is 24.1 Å². The van der Waals surface area contributed by atoms with Gasteiger partial charge in [0.15, 0.2) is 11.5 Å². The summed E-state index contributed by atoms with van der Waals surface area (Å²) >= 11 is 0. The molecule has 6 nitrogen and oxygen atoms in total. The Morgan fingerprint density at radius 2 is 1.93 bits per heavy atom. The van der Waals surface area contributed by atoms with Gasteiger partial charge in [0.2, 0.25) is 5.91 Å². The van der Waals surface area contributed by atoms with Gasteiger partial charge < -0.3 is 14.4 Å². The van der Waals surface area contributed by atoms with Crippen molar-refractivity contribution in [2.75, 3.05) is 14.2 Å². The van der Waals surface area contributed by atoms with Crippen LogP contribution in [-0.2, 0) is 31.2 Å². The zero-order chi connectivity index (χ0) is 21.1. The molecule has 1 aromatic carbocycles. The second-order valence-electron chi connectivity index (χ2n) is 8.20. The SMILES string of the molecule is COc1ccc(/C=C/C(=O)N(Cc2nn(C)c3c2CCC3)C2CCCC2)cc1OC. The monoisotopic (exact) mass is 409 g/mol. The number of aryl methyl sites for hydroxylation is 1. The van der Waals surface area contributed by atoms with Gasteiger partial charge in [0.1, 0.15) is 0 Å². The molecule has 0 aliphatic heterocycles. The standard InChI is InChI=1S/C24H31N3O3/c1-26-21-10-6-9-19(21)20(25-26)16-27(18-7-4-5-8-18)24(28)14-12-17-11-13-22(29-2)23(15-17)30-3/h11-15,18H,4-10,16H2,1-3H3/b14-12+. The van der Waals surface area contributed by atoms with E-state index in [1.807, 2.05) is 40.9 Å². The van der Waals surface area contributed by atoms with Crippen molar-refractivity contribution in [3.05, 3.63) is 46.8 Å². The number of carbonyl (C=O) groups is 1. The van der Waals surface area contributed by atoms with Crippen LogP contribution in [0.4, 0.5) is 0 Å². The largest absolute Gasteiger partial charge is 0.493 e. The highest BCUT2D eigenvalue weighted by Gasteiger charge is 2.29. The van der Waals surface area contributed by atoms with Gasteiger partial charge in [0, 0.05) is 24.9 Å². The van der Waals surface area contributed by atoms with Gasteiger partial charge in [-0.25, -0.2) is 0 Å². The smallest absolute Gasteiger partial charge is 0.247 e. The fraction of sp³-hybridized carbons (Fsp3) is 0.500. The maximum atomic E-state index is 13.2. The Bertz CT molecular complexity index is 941. The van der Waals surface area contributed by atoms with E-state index in [9.17, 15) is 4.79 Å². The molecule has 1 heterocycles. The molecule has 1 amide bonds. The summed E-state index contributed by atoms with van der Waals surface area (Å²) in [6, 6.07) is 5.96. The third kappa shape index (κ3) is 4.09. The molecule has 6 heteroatoms. The summed E-state index contributed by atoms with van der Waals surface area (Å²) in [5.41, 5.74) is 4.68. The Morgan fingerprint density at radius 1 is 1.17 bits per heavy atom. The van der Waals surface area contributed by atoms with Crippen molar-refractivity contribution < 1.29 is 14.3 Å². The van der Waals surface area contributed by atoms with Gasteiger partial charge in [-0.2, -0.15) is 5.10 Å². The second-order valence-corrected chi connectivity index (χ2v) is 8.20. The van der Waals surface area contributed by atoms with Crippen LogP contribution in [0.3, 0.4) is 0 Å². The predicted octanol–water partition coefficient (Wildman–Crippen LogP) is 3.91. The number of ether oxygens (including phenoxy) is 2. The van der Waals surface area contributed by atoms with Crippen molar-refractivity contribution >= 4 is 12.0 Å². The van der Waals surface area contributed by atoms with E-state index < -0.39 is 0 Å². The molecule has 2 aliphatic rings. The molecular formula is C24H31N3O3. The van der Waals surface area contributed by atoms with Gasteiger partial charge in [0.05, 0.1) is 26.5 Å². The molecule has 0 atom stereocenters. The van der Waals surface area contributed by atoms with Gasteiger partial charge in [0.25, 0.3) is 0 Å². The number of carbonyl (C=O) groups excluding carboxylic acids is 1. The second kappa shape index (κ2) is 8.94. The molecule has 0 N–H and O–H groups in total. The Labute approximate surface area is 178 Å². The fourth-order valence-corrected chi connectivity index (χ4v) is 4.81. The minimum absolute atomic E-state index is 0.0501. The van der Waals surface area contributed by atoms with Gasteiger partial charge in [-0.1, -0.05) is 18.9 Å². The molecule has 160 valence electrons. The molecule has 2 aliphatic carbocycles. The van der Waals surface area contributed by atoms with Crippen molar-refractivity contribution in [1.82, 2.24) is 14.7 Å². The minimum Gasteiger partial charge on any atom is -0.493 e. The lowest BCUT2D eigenvalue weighted by atomic mass is 10.1. The van der Waals surface area contributed by atoms with E-state index >= 15 is 0 Å². The van der Waals surface area contributed by atoms with Crippen molar-refractivity contribution in [2.45, 2.75) is 57.5 Å². The van der Waals surface area contributed by atoms with Crippen LogP contribution in [0, 0.1) is 0 Å². The number of rotatable bonds is 7. The lowest BCUT2D eigenvalue weighted by Gasteiger charge is -2.27. The lowest BCUT2D eigenvalue weighted by molar-refractivity contribution is -0.128. The quantitative estimate of drug-likeness (QED) is 0.651. The third-order valence-corrected chi connectivity index (χ3v) is 6.39. The summed E-state index contributed by atoms with van der Waals surface area (Å²) in [6.45, 7) is 0.600. The zero-order valence-corrected chi connectivity index (χ0v) is 18.2. The molecule has 2 aromatic rings. The molecule has 0 bridgehead atoms. The molecule has 0 unspecified atom stereocenters. The van der Waals surface area contributed by atoms with Crippen LogP contribution in [-0.4, -0.2) is 40.8 Å². The first-order chi connectivity index (χ1) is 14.6. The summed E-state index contributed by atoms with van der Waals surface area (Å²) in [5, 5.41) is 4.75. The van der Waals surface area contributed by atoms with Crippen LogP contribution >= 0.6 is 0 Å². The summed E-state index contributed by atoms with van der Waals surface area (Å²) in [5.74, 6) is 1.38. The van der Waals surface area contributed by atoms with Gasteiger partial charge in [-0.05, 0) is 61.4 Å². The first-order valence-electron chi connectivity index (χ1n) is 10.8. The van der Waals surface area contributed by atoms with Crippen molar-refractivity contribution in [2.24, 2.45) is 7.05 Å². The molecule has 1 saturated carbocycles. The van der Waals surface area contributed by atoms with Crippen LogP contribution in [0.5, 0.6) is 11.5 Å². The summed E-state index contributed by atoms with van der Waals surface area (Å²) in [6.07, 6.45) is 11.4. The summed E-state index contributed by atoms with van der Waals surface area (Å²) in [7, 11) is 5.25. The number of fused-ring (bicyclic) bond motifs is 1. The topological polar surface area (TPSA) is 56.6 Å². The summed E-state index contributed by atoms with van der Waals surface area (Å²) in [4.78, 5) is 15.3. The molecule has 1 aromatic heterocycles. The van der Waals surface area contributed by atoms with E-state index in [1.54, 1.807) is 20.3 Å². The van der Waals surface area contributed by atoms with E-state index in [0.717, 1.165) is 36.9 Å². The molecule has 0 spiro atoms. The first-order valence-corrected chi connectivity index (χ1v) is 10.8. The normalized spacial score (nSPS) is 16.2. The van der Waals surface area contributed by atoms with Gasteiger partial charge >= 0.3 is 0 Å². The Hall–Kier alpha value is -2.76. The van der Waals surface area contributed by atoms with Crippen LogP contribution in [0.15, 0.2) is 24.3 Å². The highest BCUT2D eigenvalue weighted by atomic mass is 16.5. The Kier molecular flexibility index (Phi) is 6.11. The first kappa shape index (κ1) is 20.5. The maximum absolute atomic E-state index is 13.2. The van der Waals surface area contributed by atoms with E-state index in [4.69, 9.17) is 14.6 Å². The van der Waals surface area contributed by atoms with Crippen LogP contribution in [0.25, 0.3) is 6.08 Å². The average molecular weight is 410 g/mol. The molecule has 0 radical (unpaired) electrons. The lowest BCUT2D eigenvalue weighted by Crippen LogP contribution is -2.37. The molecule has 30 heavy (non-hydrogen) atoms. The Morgan fingerprint density at radius 3 is 2.67 bits per heavy atom. The minimum atomic E-state index is 0.0501. The fourth-order valence-electron chi connectivity index (χ4n) is 4.81. The number of nitrogens with zero attached hydrogens (tertiary/aromatic N) is 3. The number of hydrogen-bond donors (Lipinski definition) is 0. The zero-order valence-electron chi connectivity index (χ0n) is 18.2. The highest BCUT2D eigenvalue weighted by Crippen LogP contribution is 2.30. The maximum Gasteiger partial charge on any atom is 0.247 e. The predicted molar refractivity (Wildman–Crippen MR) is 117 cm³/mol. The van der Waals surface area contributed by atoms with Crippen molar-refractivity contribution in [3.63, 3.8) is 0 Å². The average Bonchev–Trinajstić information content (AvgIpc) is 3.50. The van der Waals surface area contributed by atoms with Crippen molar-refractivity contribution in [3.8, 4) is 11.5 Å². The van der Waals surface area contributed by atoms with E-state index in [-0.39, 0.29) is 5.91 Å². The Balaban J connectivity index is 1.55.